The summed E-state index contributed by atoms with van der Waals surface area (Å²) in [5.74, 6) is -0.375. The lowest BCUT2D eigenvalue weighted by molar-refractivity contribution is -0.161. The Morgan fingerprint density at radius 3 is 0.628 bits per heavy atom. The van der Waals surface area contributed by atoms with E-state index in [9.17, 15) is 43.2 Å². The van der Waals surface area contributed by atoms with Crippen LogP contribution in [-0.4, -0.2) is 96.7 Å². The van der Waals surface area contributed by atoms with Crippen molar-refractivity contribution in [2.24, 2.45) is 11.8 Å². The molecule has 0 aliphatic rings. The fourth-order valence-corrected chi connectivity index (χ4v) is 16.3. The van der Waals surface area contributed by atoms with Crippen LogP contribution in [0.5, 0.6) is 0 Å². The van der Waals surface area contributed by atoms with Crippen LogP contribution in [0.4, 0.5) is 0 Å². The van der Waals surface area contributed by atoms with E-state index < -0.39 is 97.5 Å². The first kappa shape index (κ1) is 111. The van der Waals surface area contributed by atoms with Crippen LogP contribution in [-0.2, 0) is 65.4 Å². The summed E-state index contributed by atoms with van der Waals surface area (Å²) >= 11 is 0. The highest BCUT2D eigenvalue weighted by Crippen LogP contribution is 2.45. The van der Waals surface area contributed by atoms with Gasteiger partial charge in [-0.05, 0) is 37.5 Å². The zero-order valence-electron chi connectivity index (χ0n) is 74.7. The van der Waals surface area contributed by atoms with E-state index in [2.05, 4.69) is 41.5 Å². The molecule has 3 N–H and O–H groups in total. The van der Waals surface area contributed by atoms with E-state index in [0.29, 0.717) is 25.7 Å². The third kappa shape index (κ3) is 84.9. The topological polar surface area (TPSA) is 237 Å². The fraction of sp³-hybridized carbons (Fsp3) is 0.957. The maximum Gasteiger partial charge on any atom is 0.472 e. The monoisotopic (exact) mass is 1650 g/mol. The van der Waals surface area contributed by atoms with Gasteiger partial charge in [0.05, 0.1) is 26.4 Å². The minimum absolute atomic E-state index is 0.108. The predicted octanol–water partition coefficient (Wildman–Crippen LogP) is 29.4. The van der Waals surface area contributed by atoms with Crippen molar-refractivity contribution in [2.45, 2.75) is 529 Å². The van der Waals surface area contributed by atoms with Crippen molar-refractivity contribution in [2.75, 3.05) is 39.6 Å². The first-order chi connectivity index (χ1) is 54.9. The molecule has 7 atom stereocenters. The summed E-state index contributed by atoms with van der Waals surface area (Å²) in [6.45, 7) is 9.83. The average molecular weight is 1650 g/mol. The summed E-state index contributed by atoms with van der Waals surface area (Å²) in [5, 5.41) is 10.7. The van der Waals surface area contributed by atoms with Crippen LogP contribution in [0, 0.1) is 11.8 Å². The van der Waals surface area contributed by atoms with Gasteiger partial charge in [0.25, 0.3) is 0 Å². The SMILES string of the molecule is CCCCCCCCCCCCCCCCCCCCCCCCC(=O)OC[C@H](COP(=O)(O)OC[C@@H](O)COP(=O)(O)OC[C@@H](COC(=O)CCCCCCCCCCCCC)OC(=O)CCCCCCCCCCCCCCCCC(C)CC)OC(=O)CCCCCCCCCCCCCCCCCCCCC(C)CC. The Balaban J connectivity index is 5.23. The highest BCUT2D eigenvalue weighted by atomic mass is 31.2. The lowest BCUT2D eigenvalue weighted by Crippen LogP contribution is -2.30. The molecule has 0 aliphatic heterocycles. The van der Waals surface area contributed by atoms with Gasteiger partial charge in [-0.3, -0.25) is 37.3 Å². The van der Waals surface area contributed by atoms with Crippen LogP contribution in [0.15, 0.2) is 0 Å². The molecule has 0 aromatic carbocycles. The van der Waals surface area contributed by atoms with Crippen LogP contribution in [0.1, 0.15) is 510 Å². The second-order valence-electron chi connectivity index (χ2n) is 34.2. The van der Waals surface area contributed by atoms with Crippen LogP contribution >= 0.6 is 15.6 Å². The third-order valence-corrected chi connectivity index (χ3v) is 24.8. The summed E-state index contributed by atoms with van der Waals surface area (Å²) in [4.78, 5) is 73.5. The molecule has 0 heterocycles. The number of carbonyl (C=O) groups excluding carboxylic acids is 4. The van der Waals surface area contributed by atoms with E-state index >= 15 is 0 Å². The van der Waals surface area contributed by atoms with Gasteiger partial charge in [-0.25, -0.2) is 9.13 Å². The smallest absolute Gasteiger partial charge is 0.462 e. The van der Waals surface area contributed by atoms with Crippen molar-refractivity contribution in [3.8, 4) is 0 Å². The van der Waals surface area contributed by atoms with Crippen molar-refractivity contribution in [3.05, 3.63) is 0 Å². The summed E-state index contributed by atoms with van der Waals surface area (Å²) in [6.07, 6.45) is 80.6. The molecule has 19 heteroatoms. The van der Waals surface area contributed by atoms with Gasteiger partial charge in [-0.1, -0.05) is 459 Å². The number of unbranched alkanes of at least 4 members (excludes halogenated alkanes) is 61. The molecular weight excluding hydrogens is 1460 g/mol. The second kappa shape index (κ2) is 85.1. The number of aliphatic hydroxyl groups excluding tert-OH is 1. The Kier molecular flexibility index (Phi) is 83.6. The largest absolute Gasteiger partial charge is 0.472 e. The maximum absolute atomic E-state index is 13.2. The minimum atomic E-state index is -4.97. The normalized spacial score (nSPS) is 14.2. The van der Waals surface area contributed by atoms with Crippen LogP contribution in [0.2, 0.25) is 0 Å². The number of esters is 4. The van der Waals surface area contributed by atoms with Crippen molar-refractivity contribution in [1.82, 2.24) is 0 Å². The highest BCUT2D eigenvalue weighted by Gasteiger charge is 2.31. The standard InChI is InChI=1S/C94H184O17P2/c1-7-11-13-15-17-19-21-22-23-24-25-26-27-28-32-35-41-47-53-59-65-71-77-92(97)105-83-90(111-93(98)78-72-66-60-54-48-42-36-33-30-29-31-34-39-45-50-56-62-68-74-86(5)9-3)85-109-113(102,103)107-81-88(95)80-106-112(100,101)108-84-89(82-104-91(96)76-70-64-58-52-44-20-18-16-14-12-8-2)110-94(99)79-73-67-61-55-49-43-38-37-40-46-51-57-63-69-75-87(6)10-4/h86-90,95H,7-85H2,1-6H3,(H,100,101)(H,102,103)/t86?,87?,88-,89+,90+/m0/s1. The van der Waals surface area contributed by atoms with Crippen LogP contribution in [0.3, 0.4) is 0 Å². The van der Waals surface area contributed by atoms with Gasteiger partial charge in [0.2, 0.25) is 0 Å². The van der Waals surface area contributed by atoms with Gasteiger partial charge in [0.1, 0.15) is 19.3 Å². The molecule has 0 fully saturated rings. The van der Waals surface area contributed by atoms with Gasteiger partial charge >= 0.3 is 39.5 Å². The number of hydrogen-bond donors (Lipinski definition) is 3. The molecule has 17 nitrogen and oxygen atoms in total. The van der Waals surface area contributed by atoms with Crippen molar-refractivity contribution >= 4 is 39.5 Å². The summed E-state index contributed by atoms with van der Waals surface area (Å²) in [6, 6.07) is 0. The number of hydrogen-bond acceptors (Lipinski definition) is 15. The molecule has 0 saturated carbocycles. The summed E-state index contributed by atoms with van der Waals surface area (Å²) in [7, 11) is -9.94. The number of aliphatic hydroxyl groups is 1. The average Bonchev–Trinajstić information content (AvgIpc) is 0.902. The number of phosphoric ester groups is 2. The number of rotatable bonds is 93. The molecule has 0 bridgehead atoms. The molecule has 0 rings (SSSR count). The van der Waals surface area contributed by atoms with Gasteiger partial charge < -0.3 is 33.8 Å². The number of phosphoric acid groups is 2. The van der Waals surface area contributed by atoms with E-state index in [1.165, 1.54) is 327 Å². The van der Waals surface area contributed by atoms with E-state index in [4.69, 9.17) is 37.0 Å². The molecular formula is C94H184O17P2. The Morgan fingerprint density at radius 1 is 0.248 bits per heavy atom. The maximum atomic E-state index is 13.2. The third-order valence-electron chi connectivity index (χ3n) is 22.9. The van der Waals surface area contributed by atoms with Crippen LogP contribution in [0.25, 0.3) is 0 Å². The Morgan fingerprint density at radius 2 is 0.425 bits per heavy atom. The predicted molar refractivity (Wildman–Crippen MR) is 469 cm³/mol. The van der Waals surface area contributed by atoms with Crippen molar-refractivity contribution < 1.29 is 80.2 Å². The van der Waals surface area contributed by atoms with Gasteiger partial charge in [0.15, 0.2) is 12.2 Å². The molecule has 4 unspecified atom stereocenters. The molecule has 0 aliphatic carbocycles. The van der Waals surface area contributed by atoms with Crippen LogP contribution < -0.4 is 0 Å². The lowest BCUT2D eigenvalue weighted by atomic mass is 9.99. The molecule has 0 spiro atoms. The molecule has 113 heavy (non-hydrogen) atoms. The van der Waals surface area contributed by atoms with Crippen molar-refractivity contribution in [3.63, 3.8) is 0 Å². The Bertz CT molecular complexity index is 2150. The van der Waals surface area contributed by atoms with Gasteiger partial charge in [-0.15, -0.1) is 0 Å². The Labute approximate surface area is 696 Å². The number of carbonyl (C=O) groups is 4. The molecule has 0 radical (unpaired) electrons. The van der Waals surface area contributed by atoms with E-state index in [0.717, 1.165) is 102 Å². The molecule has 0 aromatic heterocycles. The summed E-state index contributed by atoms with van der Waals surface area (Å²) < 4.78 is 69.1. The lowest BCUT2D eigenvalue weighted by Gasteiger charge is -2.21. The summed E-state index contributed by atoms with van der Waals surface area (Å²) in [5.41, 5.74) is 0. The zero-order chi connectivity index (χ0) is 82.7. The highest BCUT2D eigenvalue weighted by molar-refractivity contribution is 7.47. The minimum Gasteiger partial charge on any atom is -0.462 e. The number of ether oxygens (including phenoxy) is 4. The zero-order valence-corrected chi connectivity index (χ0v) is 76.5. The molecule has 0 amide bonds. The fourth-order valence-electron chi connectivity index (χ4n) is 14.8. The van der Waals surface area contributed by atoms with E-state index in [-0.39, 0.29) is 25.7 Å². The Hall–Kier alpha value is -1.94. The van der Waals surface area contributed by atoms with E-state index in [1.54, 1.807) is 0 Å². The first-order valence-corrected chi connectivity index (χ1v) is 51.6. The van der Waals surface area contributed by atoms with Crippen molar-refractivity contribution in [1.29, 1.82) is 0 Å². The second-order valence-corrected chi connectivity index (χ2v) is 37.1. The van der Waals surface area contributed by atoms with E-state index in [1.807, 2.05) is 0 Å². The quantitative estimate of drug-likeness (QED) is 0.0222. The van der Waals surface area contributed by atoms with Gasteiger partial charge in [0, 0.05) is 25.7 Å². The van der Waals surface area contributed by atoms with Gasteiger partial charge in [-0.2, -0.15) is 0 Å². The molecule has 0 aromatic rings. The first-order valence-electron chi connectivity index (χ1n) is 48.6. The molecule has 672 valence electrons. The molecule has 0 saturated heterocycles.